The van der Waals surface area contributed by atoms with Gasteiger partial charge in [0.15, 0.2) is 0 Å². The fraction of sp³-hybridized carbons (Fsp3) is 0.400. The number of nitrogens with one attached hydrogen (secondary N) is 3. The largest absolute Gasteiger partial charge is 0.496 e. The molecule has 2 aromatic carbocycles. The van der Waals surface area contributed by atoms with E-state index in [-0.39, 0.29) is 12.3 Å². The summed E-state index contributed by atoms with van der Waals surface area (Å²) in [4.78, 5) is 38.6. The highest BCUT2D eigenvalue weighted by Crippen LogP contribution is 2.39. The van der Waals surface area contributed by atoms with Crippen molar-refractivity contribution in [1.82, 2.24) is 16.0 Å². The summed E-state index contributed by atoms with van der Waals surface area (Å²) in [5, 5.41) is 8.55. The van der Waals surface area contributed by atoms with Gasteiger partial charge in [0.2, 0.25) is 11.8 Å². The van der Waals surface area contributed by atoms with Gasteiger partial charge < -0.3 is 30.2 Å². The second-order valence-corrected chi connectivity index (χ2v) is 7.97. The van der Waals surface area contributed by atoms with Gasteiger partial charge in [-0.25, -0.2) is 4.79 Å². The van der Waals surface area contributed by atoms with Gasteiger partial charge in [0.1, 0.15) is 29.6 Å². The van der Waals surface area contributed by atoms with E-state index in [1.165, 1.54) is 7.11 Å². The van der Waals surface area contributed by atoms with E-state index in [1.807, 2.05) is 18.2 Å². The molecular weight excluding hydrogens is 438 g/mol. The SMILES string of the molecule is CC[C@@H]1NC(=O)[C@@H](NC)c2ccc(OC)c(c2)-c2cc(ccc2OC)C[C@@H](C(=O)OC)NC1=O. The molecule has 0 aromatic heterocycles. The van der Waals surface area contributed by atoms with E-state index in [4.69, 9.17) is 14.2 Å². The molecule has 182 valence electrons. The van der Waals surface area contributed by atoms with Crippen LogP contribution in [0.15, 0.2) is 36.4 Å². The minimum Gasteiger partial charge on any atom is -0.496 e. The highest BCUT2D eigenvalue weighted by Gasteiger charge is 2.30. The Bertz CT molecular complexity index is 1070. The summed E-state index contributed by atoms with van der Waals surface area (Å²) in [5.41, 5.74) is 2.95. The van der Waals surface area contributed by atoms with Gasteiger partial charge in [-0.3, -0.25) is 9.59 Å². The van der Waals surface area contributed by atoms with Crippen LogP contribution in [-0.2, 0) is 25.5 Å². The minimum absolute atomic E-state index is 0.195. The van der Waals surface area contributed by atoms with Gasteiger partial charge in [-0.15, -0.1) is 0 Å². The topological polar surface area (TPSA) is 115 Å². The predicted octanol–water partition coefficient (Wildman–Crippen LogP) is 1.74. The van der Waals surface area contributed by atoms with Crippen molar-refractivity contribution in [1.29, 1.82) is 0 Å². The maximum absolute atomic E-state index is 13.2. The molecule has 2 aromatic rings. The maximum atomic E-state index is 13.2. The van der Waals surface area contributed by atoms with Crippen LogP contribution in [0.4, 0.5) is 0 Å². The Hall–Kier alpha value is -3.59. The molecule has 0 radical (unpaired) electrons. The third kappa shape index (κ3) is 5.14. The van der Waals surface area contributed by atoms with Crippen LogP contribution >= 0.6 is 0 Å². The Morgan fingerprint density at radius 1 is 0.971 bits per heavy atom. The molecule has 0 saturated carbocycles. The van der Waals surface area contributed by atoms with Gasteiger partial charge in [0, 0.05) is 17.5 Å². The molecule has 9 nitrogen and oxygen atoms in total. The molecule has 3 rings (SSSR count). The third-order valence-corrected chi connectivity index (χ3v) is 5.95. The van der Waals surface area contributed by atoms with E-state index in [0.717, 1.165) is 16.7 Å². The number of hydrogen-bond donors (Lipinski definition) is 3. The van der Waals surface area contributed by atoms with Crippen molar-refractivity contribution < 1.29 is 28.6 Å². The summed E-state index contributed by atoms with van der Waals surface area (Å²) >= 11 is 0. The second-order valence-electron chi connectivity index (χ2n) is 7.97. The van der Waals surface area contributed by atoms with Crippen molar-refractivity contribution in [2.24, 2.45) is 0 Å². The summed E-state index contributed by atoms with van der Waals surface area (Å²) in [6, 6.07) is 8.52. The van der Waals surface area contributed by atoms with Crippen molar-refractivity contribution in [2.45, 2.75) is 37.9 Å². The molecule has 9 heteroatoms. The Labute approximate surface area is 199 Å². The Kier molecular flexibility index (Phi) is 8.12. The first-order valence-electron chi connectivity index (χ1n) is 11.1. The first-order chi connectivity index (χ1) is 16.4. The van der Waals surface area contributed by atoms with Crippen LogP contribution in [0.5, 0.6) is 11.5 Å². The summed E-state index contributed by atoms with van der Waals surface area (Å²) in [6.07, 6.45) is 0.545. The lowest BCUT2D eigenvalue weighted by Crippen LogP contribution is -2.53. The third-order valence-electron chi connectivity index (χ3n) is 5.95. The molecule has 0 saturated heterocycles. The van der Waals surface area contributed by atoms with Crippen LogP contribution in [0, 0.1) is 0 Å². The van der Waals surface area contributed by atoms with Gasteiger partial charge in [-0.05, 0) is 48.9 Å². The lowest BCUT2D eigenvalue weighted by Gasteiger charge is -2.25. The van der Waals surface area contributed by atoms with Crippen molar-refractivity contribution >= 4 is 17.8 Å². The molecule has 0 unspecified atom stereocenters. The number of likely N-dealkylation sites (N-methyl/N-ethyl adjacent to an activating group) is 1. The molecular formula is C25H31N3O6. The molecule has 1 aliphatic rings. The Morgan fingerprint density at radius 3 is 2.21 bits per heavy atom. The average Bonchev–Trinajstić information content (AvgIpc) is 2.85. The molecule has 34 heavy (non-hydrogen) atoms. The van der Waals surface area contributed by atoms with Crippen molar-refractivity contribution in [3.05, 3.63) is 47.5 Å². The number of benzene rings is 2. The molecule has 0 aliphatic carbocycles. The lowest BCUT2D eigenvalue weighted by atomic mass is 9.94. The Morgan fingerprint density at radius 2 is 1.62 bits per heavy atom. The smallest absolute Gasteiger partial charge is 0.328 e. The lowest BCUT2D eigenvalue weighted by molar-refractivity contribution is -0.145. The van der Waals surface area contributed by atoms with Crippen LogP contribution in [0.3, 0.4) is 0 Å². The van der Waals surface area contributed by atoms with Gasteiger partial charge in [0.25, 0.3) is 0 Å². The first kappa shape index (κ1) is 25.0. The highest BCUT2D eigenvalue weighted by molar-refractivity contribution is 5.93. The number of rotatable bonds is 5. The zero-order valence-corrected chi connectivity index (χ0v) is 20.1. The van der Waals surface area contributed by atoms with Crippen molar-refractivity contribution in [3.63, 3.8) is 0 Å². The standard InChI is InChI=1S/C25H31N3O6/c1-6-18-23(29)28-19(25(31)34-5)12-14-7-9-20(32-3)16(11-14)17-13-15(8-10-21(17)33-4)22(26-2)24(30)27-18/h7-11,13,18-19,22,26H,6,12H2,1-5H3,(H,27,30)(H,28,29)/t18-,19-,22-/m0/s1. The normalized spacial score (nSPS) is 20.4. The van der Waals surface area contributed by atoms with Gasteiger partial charge in [-0.2, -0.15) is 0 Å². The quantitative estimate of drug-likeness (QED) is 0.572. The number of methoxy groups -OCH3 is 3. The zero-order chi connectivity index (χ0) is 24.8. The fourth-order valence-electron chi connectivity index (χ4n) is 4.11. The Balaban J connectivity index is 2.24. The number of carbonyl (C=O) groups excluding carboxylic acids is 3. The molecule has 3 N–H and O–H groups in total. The van der Waals surface area contributed by atoms with Crippen LogP contribution < -0.4 is 25.4 Å². The van der Waals surface area contributed by atoms with Crippen molar-refractivity contribution in [2.75, 3.05) is 28.4 Å². The summed E-state index contributed by atoms with van der Waals surface area (Å²) in [6.45, 7) is 1.79. The summed E-state index contributed by atoms with van der Waals surface area (Å²) < 4.78 is 16.1. The van der Waals surface area contributed by atoms with Gasteiger partial charge >= 0.3 is 5.97 Å². The van der Waals surface area contributed by atoms with Crippen molar-refractivity contribution in [3.8, 4) is 22.6 Å². The molecule has 0 fully saturated rings. The molecule has 0 spiro atoms. The number of ether oxygens (including phenoxy) is 3. The maximum Gasteiger partial charge on any atom is 0.328 e. The number of esters is 1. The number of carbonyl (C=O) groups is 3. The average molecular weight is 470 g/mol. The van der Waals surface area contributed by atoms with Crippen LogP contribution in [0.25, 0.3) is 11.1 Å². The van der Waals surface area contributed by atoms with Crippen LogP contribution in [0.2, 0.25) is 0 Å². The van der Waals surface area contributed by atoms with E-state index >= 15 is 0 Å². The van der Waals surface area contributed by atoms with Gasteiger partial charge in [0.05, 0.1) is 21.3 Å². The fourth-order valence-corrected chi connectivity index (χ4v) is 4.11. The predicted molar refractivity (Wildman–Crippen MR) is 127 cm³/mol. The zero-order valence-electron chi connectivity index (χ0n) is 20.1. The van der Waals surface area contributed by atoms with Gasteiger partial charge in [-0.1, -0.05) is 19.1 Å². The minimum atomic E-state index is -0.930. The summed E-state index contributed by atoms with van der Waals surface area (Å²) in [5.74, 6) is -0.200. The number of hydrogen-bond acceptors (Lipinski definition) is 7. The number of amides is 2. The highest BCUT2D eigenvalue weighted by atomic mass is 16.5. The van der Waals surface area contributed by atoms with E-state index in [2.05, 4.69) is 16.0 Å². The summed E-state index contributed by atoms with van der Waals surface area (Å²) in [7, 11) is 6.09. The van der Waals surface area contributed by atoms with Crippen LogP contribution in [-0.4, -0.2) is 58.2 Å². The molecule has 4 bridgehead atoms. The van der Waals surface area contributed by atoms with E-state index < -0.39 is 30.0 Å². The molecule has 1 aliphatic heterocycles. The van der Waals surface area contributed by atoms with E-state index in [0.29, 0.717) is 23.5 Å². The second kappa shape index (κ2) is 11.0. The van der Waals surface area contributed by atoms with E-state index in [1.54, 1.807) is 46.4 Å². The van der Waals surface area contributed by atoms with Crippen LogP contribution in [0.1, 0.15) is 30.5 Å². The van der Waals surface area contributed by atoms with E-state index in [9.17, 15) is 14.4 Å². The molecule has 2 amide bonds. The molecule has 3 atom stereocenters. The number of fused-ring (bicyclic) bond motifs is 5. The molecule has 1 heterocycles. The first-order valence-corrected chi connectivity index (χ1v) is 11.1. The monoisotopic (exact) mass is 469 g/mol.